The molecule has 1 aromatic carbocycles. The number of epoxide rings is 1. The fraction of sp³-hybridized carbons (Fsp3) is 0.727. The number of fused-ring (bicyclic) bond motifs is 3. The highest BCUT2D eigenvalue weighted by molar-refractivity contribution is 5.82. The van der Waals surface area contributed by atoms with Crippen molar-refractivity contribution in [1.82, 2.24) is 0 Å². The third-order valence-corrected chi connectivity index (χ3v) is 15.8. The lowest BCUT2D eigenvalue weighted by Crippen LogP contribution is -2.89. The standard InChI is InChI=1S/C44H58O13/c1-22(2)18-32(47)52-29-14-10-11-15-31(46)53-34-23(3)19-30-41(34,50)38(48)40(21-45)36(54-40)33-37-43(51,39(6,49)20-26-16-17-28(29)24(26)4)35-25(5)42(30,33)57-44(55-35,56-37)27-12-8-7-9-13-27/h7-15,22-26,28-30,33-38,45,48-51H,16-21H2,1-6H3/b14-10-,15-11+. The van der Waals surface area contributed by atoms with Crippen LogP contribution in [-0.2, 0) is 44.0 Å². The molecule has 5 heterocycles. The van der Waals surface area contributed by atoms with Gasteiger partial charge in [-0.1, -0.05) is 77.1 Å². The van der Waals surface area contributed by atoms with Gasteiger partial charge in [-0.05, 0) is 62.4 Å². The zero-order valence-electron chi connectivity index (χ0n) is 33.5. The van der Waals surface area contributed by atoms with Gasteiger partial charge in [0.1, 0.15) is 53.4 Å². The SMILES string of the molecule is CC(C)CC(=O)OC1/C=C\C=C\C(=O)OC2C(C)CC3C2(O)C(O)C2(CO)OC2C2C4OC5(c6ccccc6)OC(C(C)C23O5)C4(O)C(C)(O)CC2CCC1C2C. The first-order chi connectivity index (χ1) is 26.9. The summed E-state index contributed by atoms with van der Waals surface area (Å²) in [5.74, 6) is -6.33. The molecule has 10 bridgehead atoms. The Hall–Kier alpha value is -2.72. The lowest BCUT2D eigenvalue weighted by molar-refractivity contribution is -0.595. The normalized spacial score (nSPS) is 54.4. The smallest absolute Gasteiger partial charge is 0.331 e. The Labute approximate surface area is 333 Å². The molecule has 57 heavy (non-hydrogen) atoms. The number of rotatable bonds is 5. The summed E-state index contributed by atoms with van der Waals surface area (Å²) in [5, 5.41) is 63.3. The van der Waals surface area contributed by atoms with Gasteiger partial charge in [0.2, 0.25) is 0 Å². The van der Waals surface area contributed by atoms with Gasteiger partial charge in [-0.3, -0.25) is 4.79 Å². The first kappa shape index (κ1) is 39.7. The molecule has 0 aromatic heterocycles. The number of hydrogen-bond donors (Lipinski definition) is 5. The van der Waals surface area contributed by atoms with Crippen molar-refractivity contribution >= 4 is 11.9 Å². The van der Waals surface area contributed by atoms with E-state index in [1.165, 1.54) is 12.2 Å². The molecule has 5 N–H and O–H groups in total. The number of esters is 2. The number of allylic oxidation sites excluding steroid dienone is 2. The van der Waals surface area contributed by atoms with Crippen LogP contribution in [0.2, 0.25) is 0 Å². The van der Waals surface area contributed by atoms with Crippen molar-refractivity contribution in [2.75, 3.05) is 6.61 Å². The molecule has 4 saturated carbocycles. The van der Waals surface area contributed by atoms with E-state index in [0.29, 0.717) is 18.4 Å². The van der Waals surface area contributed by atoms with E-state index in [1.807, 2.05) is 45.9 Å². The van der Waals surface area contributed by atoms with Crippen LogP contribution < -0.4 is 0 Å². The molecule has 9 aliphatic rings. The van der Waals surface area contributed by atoms with E-state index >= 15 is 0 Å². The molecule has 4 aliphatic carbocycles. The molecule has 0 radical (unpaired) electrons. The molecule has 19 unspecified atom stereocenters. The van der Waals surface area contributed by atoms with Crippen molar-refractivity contribution in [3.05, 3.63) is 60.2 Å². The third-order valence-electron chi connectivity index (χ3n) is 15.8. The Kier molecular flexibility index (Phi) is 9.16. The lowest BCUT2D eigenvalue weighted by Gasteiger charge is -2.74. The van der Waals surface area contributed by atoms with Gasteiger partial charge in [0.05, 0.1) is 17.8 Å². The molecule has 5 aliphatic heterocycles. The Morgan fingerprint density at radius 1 is 0.965 bits per heavy atom. The summed E-state index contributed by atoms with van der Waals surface area (Å²) in [6.07, 6.45) is 1.15. The van der Waals surface area contributed by atoms with E-state index in [4.69, 9.17) is 28.4 Å². The first-order valence-corrected chi connectivity index (χ1v) is 20.9. The minimum Gasteiger partial charge on any atom is -0.458 e. The fourth-order valence-electron chi connectivity index (χ4n) is 13.0. The minimum atomic E-state index is -2.21. The van der Waals surface area contributed by atoms with Crippen LogP contribution in [0.3, 0.4) is 0 Å². The summed E-state index contributed by atoms with van der Waals surface area (Å²) in [6, 6.07) is 9.04. The Morgan fingerprint density at radius 3 is 2.39 bits per heavy atom. The quantitative estimate of drug-likeness (QED) is 0.216. The molecule has 1 spiro atoms. The zero-order valence-corrected chi connectivity index (χ0v) is 33.5. The van der Waals surface area contributed by atoms with E-state index in [9.17, 15) is 35.1 Å². The monoisotopic (exact) mass is 794 g/mol. The predicted octanol–water partition coefficient (Wildman–Crippen LogP) is 3.04. The molecule has 13 nitrogen and oxygen atoms in total. The molecular weight excluding hydrogens is 736 g/mol. The summed E-state index contributed by atoms with van der Waals surface area (Å²) in [6.45, 7) is 10.6. The molecule has 312 valence electrons. The second-order valence-corrected chi connectivity index (χ2v) is 19.3. The average Bonchev–Trinajstić information content (AvgIpc) is 3.72. The maximum Gasteiger partial charge on any atom is 0.331 e. The van der Waals surface area contributed by atoms with Gasteiger partial charge in [-0.25, -0.2) is 4.79 Å². The summed E-state index contributed by atoms with van der Waals surface area (Å²) >= 11 is 0. The maximum atomic E-state index is 13.7. The van der Waals surface area contributed by atoms with Crippen molar-refractivity contribution in [3.8, 4) is 0 Å². The fourth-order valence-corrected chi connectivity index (χ4v) is 13.0. The van der Waals surface area contributed by atoms with Gasteiger partial charge in [-0.15, -0.1) is 0 Å². The summed E-state index contributed by atoms with van der Waals surface area (Å²) in [5.41, 5.74) is -8.82. The predicted molar refractivity (Wildman–Crippen MR) is 200 cm³/mol. The van der Waals surface area contributed by atoms with Crippen molar-refractivity contribution in [1.29, 1.82) is 0 Å². The highest BCUT2D eigenvalue weighted by Crippen LogP contribution is 2.75. The van der Waals surface area contributed by atoms with Crippen molar-refractivity contribution in [2.45, 2.75) is 144 Å². The Bertz CT molecular complexity index is 1830. The number of carbonyl (C=O) groups is 2. The number of benzene rings is 1. The topological polar surface area (TPSA) is 194 Å². The molecular formula is C44H58O13. The summed E-state index contributed by atoms with van der Waals surface area (Å²) < 4.78 is 39.5. The number of hydrogen-bond acceptors (Lipinski definition) is 13. The summed E-state index contributed by atoms with van der Waals surface area (Å²) in [7, 11) is 0. The molecule has 8 fully saturated rings. The number of aliphatic hydroxyl groups excluding tert-OH is 2. The number of aliphatic hydroxyl groups is 5. The Balaban J connectivity index is 1.22. The number of carbonyl (C=O) groups excluding carboxylic acids is 2. The number of ether oxygens (including phenoxy) is 6. The largest absolute Gasteiger partial charge is 0.458 e. The highest BCUT2D eigenvalue weighted by Gasteiger charge is 2.91. The van der Waals surface area contributed by atoms with Crippen LogP contribution in [0.15, 0.2) is 54.6 Å². The second kappa shape index (κ2) is 13.1. The highest BCUT2D eigenvalue weighted by atomic mass is 16.9. The van der Waals surface area contributed by atoms with Gasteiger partial charge in [0, 0.05) is 41.7 Å². The van der Waals surface area contributed by atoms with Crippen LogP contribution in [0.5, 0.6) is 0 Å². The average molecular weight is 795 g/mol. The van der Waals surface area contributed by atoms with E-state index in [1.54, 1.807) is 31.2 Å². The van der Waals surface area contributed by atoms with Crippen LogP contribution >= 0.6 is 0 Å². The van der Waals surface area contributed by atoms with Gasteiger partial charge >= 0.3 is 17.9 Å². The molecule has 10 rings (SSSR count). The van der Waals surface area contributed by atoms with Gasteiger partial charge in [0.25, 0.3) is 0 Å². The molecule has 0 amide bonds. The van der Waals surface area contributed by atoms with Gasteiger partial charge in [0.15, 0.2) is 0 Å². The van der Waals surface area contributed by atoms with Crippen LogP contribution in [0.25, 0.3) is 0 Å². The second-order valence-electron chi connectivity index (χ2n) is 19.3. The van der Waals surface area contributed by atoms with E-state index in [-0.39, 0.29) is 48.9 Å². The lowest BCUT2D eigenvalue weighted by atomic mass is 9.49. The van der Waals surface area contributed by atoms with Crippen LogP contribution in [-0.4, -0.2) is 109 Å². The van der Waals surface area contributed by atoms with Crippen molar-refractivity contribution in [2.24, 2.45) is 47.3 Å². The summed E-state index contributed by atoms with van der Waals surface area (Å²) in [4.78, 5) is 26.7. The van der Waals surface area contributed by atoms with Crippen LogP contribution in [0, 0.1) is 47.3 Å². The van der Waals surface area contributed by atoms with E-state index in [2.05, 4.69) is 6.92 Å². The van der Waals surface area contributed by atoms with E-state index < -0.39 is 107 Å². The molecule has 19 atom stereocenters. The van der Waals surface area contributed by atoms with Gasteiger partial charge < -0.3 is 54.0 Å². The van der Waals surface area contributed by atoms with Crippen LogP contribution in [0.1, 0.15) is 79.2 Å². The Morgan fingerprint density at radius 2 is 1.68 bits per heavy atom. The third kappa shape index (κ3) is 5.26. The van der Waals surface area contributed by atoms with Gasteiger partial charge in [-0.2, -0.15) is 0 Å². The minimum absolute atomic E-state index is 0.0620. The van der Waals surface area contributed by atoms with E-state index in [0.717, 1.165) is 0 Å². The maximum absolute atomic E-state index is 13.7. The zero-order chi connectivity index (χ0) is 40.7. The molecule has 1 aromatic rings. The van der Waals surface area contributed by atoms with Crippen molar-refractivity contribution in [3.63, 3.8) is 0 Å². The molecule has 4 saturated heterocycles. The first-order valence-electron chi connectivity index (χ1n) is 20.9. The van der Waals surface area contributed by atoms with Crippen molar-refractivity contribution < 1.29 is 63.5 Å². The van der Waals surface area contributed by atoms with Crippen LogP contribution in [0.4, 0.5) is 0 Å². The molecule has 13 heteroatoms.